The van der Waals surface area contributed by atoms with E-state index in [4.69, 9.17) is 4.74 Å². The van der Waals surface area contributed by atoms with Crippen molar-refractivity contribution in [3.63, 3.8) is 0 Å². The number of hydrogen-bond donors (Lipinski definition) is 1. The lowest BCUT2D eigenvalue weighted by Crippen LogP contribution is -1.99. The van der Waals surface area contributed by atoms with Crippen LogP contribution in [0, 0.1) is 6.92 Å². The summed E-state index contributed by atoms with van der Waals surface area (Å²) in [5, 5.41) is 3.12. The van der Waals surface area contributed by atoms with E-state index in [0.717, 1.165) is 24.5 Å². The lowest BCUT2D eigenvalue weighted by molar-refractivity contribution is 0.319. The monoisotopic (exact) mass is 179 g/mol. The topological polar surface area (TPSA) is 21.3 Å². The summed E-state index contributed by atoms with van der Waals surface area (Å²) in [6, 6.07) is 6.16. The van der Waals surface area contributed by atoms with Gasteiger partial charge in [0.2, 0.25) is 0 Å². The van der Waals surface area contributed by atoms with E-state index in [-0.39, 0.29) is 0 Å². The van der Waals surface area contributed by atoms with Gasteiger partial charge in [-0.1, -0.05) is 13.0 Å². The molecule has 0 spiro atoms. The van der Waals surface area contributed by atoms with Crippen molar-refractivity contribution in [2.45, 2.75) is 20.3 Å². The molecule has 0 unspecified atom stereocenters. The van der Waals surface area contributed by atoms with Gasteiger partial charge >= 0.3 is 0 Å². The summed E-state index contributed by atoms with van der Waals surface area (Å²) < 4.78 is 5.57. The standard InChI is InChI=1S/C11H17NO/c1-4-7-13-11-6-5-9(2)8-10(11)12-3/h5-6,8,12H,4,7H2,1-3H3. The molecule has 0 bridgehead atoms. The van der Waals surface area contributed by atoms with Gasteiger partial charge in [-0.25, -0.2) is 0 Å². The number of ether oxygens (including phenoxy) is 1. The van der Waals surface area contributed by atoms with Crippen LogP contribution in [0.2, 0.25) is 0 Å². The Kier molecular flexibility index (Phi) is 3.62. The van der Waals surface area contributed by atoms with Crippen molar-refractivity contribution in [1.82, 2.24) is 0 Å². The molecule has 1 N–H and O–H groups in total. The summed E-state index contributed by atoms with van der Waals surface area (Å²) in [6.07, 6.45) is 1.04. The van der Waals surface area contributed by atoms with E-state index >= 15 is 0 Å². The van der Waals surface area contributed by atoms with Crippen molar-refractivity contribution in [2.24, 2.45) is 0 Å². The van der Waals surface area contributed by atoms with Crippen LogP contribution in [0.3, 0.4) is 0 Å². The molecule has 1 rings (SSSR count). The highest BCUT2D eigenvalue weighted by Crippen LogP contribution is 2.24. The quantitative estimate of drug-likeness (QED) is 0.767. The molecule has 1 aromatic rings. The molecule has 0 fully saturated rings. The van der Waals surface area contributed by atoms with Crippen LogP contribution in [0.4, 0.5) is 5.69 Å². The first-order valence-electron chi connectivity index (χ1n) is 4.69. The Morgan fingerprint density at radius 2 is 2.15 bits per heavy atom. The first kappa shape index (κ1) is 9.90. The van der Waals surface area contributed by atoms with Crippen LogP contribution >= 0.6 is 0 Å². The second-order valence-electron chi connectivity index (χ2n) is 3.10. The zero-order valence-electron chi connectivity index (χ0n) is 8.55. The largest absolute Gasteiger partial charge is 0.491 e. The fourth-order valence-electron chi connectivity index (χ4n) is 1.18. The molecule has 2 nitrogen and oxygen atoms in total. The zero-order chi connectivity index (χ0) is 9.68. The highest BCUT2D eigenvalue weighted by Gasteiger charge is 2.00. The fraction of sp³-hybridized carbons (Fsp3) is 0.455. The summed E-state index contributed by atoms with van der Waals surface area (Å²) >= 11 is 0. The van der Waals surface area contributed by atoms with Crippen molar-refractivity contribution in [1.29, 1.82) is 0 Å². The maximum absolute atomic E-state index is 5.57. The van der Waals surface area contributed by atoms with E-state index in [1.807, 2.05) is 13.1 Å². The zero-order valence-corrected chi connectivity index (χ0v) is 8.55. The average molecular weight is 179 g/mol. The van der Waals surface area contributed by atoms with Gasteiger partial charge in [0.25, 0.3) is 0 Å². The van der Waals surface area contributed by atoms with Crippen LogP contribution in [0.25, 0.3) is 0 Å². The van der Waals surface area contributed by atoms with Crippen molar-refractivity contribution in [2.75, 3.05) is 19.0 Å². The van der Waals surface area contributed by atoms with Crippen LogP contribution in [-0.4, -0.2) is 13.7 Å². The molecule has 2 heteroatoms. The summed E-state index contributed by atoms with van der Waals surface area (Å²) in [5.41, 5.74) is 2.31. The van der Waals surface area contributed by atoms with E-state index in [1.54, 1.807) is 0 Å². The van der Waals surface area contributed by atoms with E-state index in [1.165, 1.54) is 5.56 Å². The molecule has 0 amide bonds. The predicted octanol–water partition coefficient (Wildman–Crippen LogP) is 2.83. The summed E-state index contributed by atoms with van der Waals surface area (Å²) in [4.78, 5) is 0. The smallest absolute Gasteiger partial charge is 0.142 e. The molecule has 1 aromatic carbocycles. The molecule has 0 aliphatic heterocycles. The van der Waals surface area contributed by atoms with Gasteiger partial charge in [-0.15, -0.1) is 0 Å². The Morgan fingerprint density at radius 3 is 2.77 bits per heavy atom. The van der Waals surface area contributed by atoms with Crippen LogP contribution < -0.4 is 10.1 Å². The third kappa shape index (κ3) is 2.65. The van der Waals surface area contributed by atoms with Crippen molar-refractivity contribution < 1.29 is 4.74 Å². The third-order valence-corrected chi connectivity index (χ3v) is 1.87. The lowest BCUT2D eigenvalue weighted by atomic mass is 10.2. The van der Waals surface area contributed by atoms with Gasteiger partial charge in [0.15, 0.2) is 0 Å². The molecule has 0 saturated carbocycles. The van der Waals surface area contributed by atoms with E-state index < -0.39 is 0 Å². The maximum atomic E-state index is 5.57. The second-order valence-corrected chi connectivity index (χ2v) is 3.10. The van der Waals surface area contributed by atoms with Gasteiger partial charge in [-0.3, -0.25) is 0 Å². The fourth-order valence-corrected chi connectivity index (χ4v) is 1.18. The molecular weight excluding hydrogens is 162 g/mol. The predicted molar refractivity (Wildman–Crippen MR) is 56.5 cm³/mol. The summed E-state index contributed by atoms with van der Waals surface area (Å²) in [7, 11) is 1.91. The van der Waals surface area contributed by atoms with Gasteiger partial charge in [0, 0.05) is 7.05 Å². The second kappa shape index (κ2) is 4.75. The Morgan fingerprint density at radius 1 is 1.38 bits per heavy atom. The number of aryl methyl sites for hydroxylation is 1. The Labute approximate surface area is 79.9 Å². The summed E-state index contributed by atoms with van der Waals surface area (Å²) in [5.74, 6) is 0.940. The average Bonchev–Trinajstić information content (AvgIpc) is 2.16. The van der Waals surface area contributed by atoms with Crippen molar-refractivity contribution >= 4 is 5.69 Å². The van der Waals surface area contributed by atoms with Gasteiger partial charge in [0.05, 0.1) is 12.3 Å². The van der Waals surface area contributed by atoms with Gasteiger partial charge in [0.1, 0.15) is 5.75 Å². The summed E-state index contributed by atoms with van der Waals surface area (Å²) in [6.45, 7) is 4.95. The molecule has 0 atom stereocenters. The molecular formula is C11H17NO. The molecule has 0 aromatic heterocycles. The van der Waals surface area contributed by atoms with Gasteiger partial charge in [-0.2, -0.15) is 0 Å². The van der Waals surface area contributed by atoms with Crippen molar-refractivity contribution in [3.05, 3.63) is 23.8 Å². The van der Waals surface area contributed by atoms with Crippen LogP contribution in [-0.2, 0) is 0 Å². The lowest BCUT2D eigenvalue weighted by Gasteiger charge is -2.10. The number of nitrogens with one attached hydrogen (secondary N) is 1. The minimum absolute atomic E-state index is 0.776. The molecule has 0 radical (unpaired) electrons. The normalized spacial score (nSPS) is 9.77. The number of anilines is 1. The Hall–Kier alpha value is -1.18. The number of benzene rings is 1. The van der Waals surface area contributed by atoms with E-state index in [0.29, 0.717) is 0 Å². The van der Waals surface area contributed by atoms with E-state index in [9.17, 15) is 0 Å². The molecule has 0 aliphatic carbocycles. The highest BCUT2D eigenvalue weighted by atomic mass is 16.5. The van der Waals surface area contributed by atoms with Gasteiger partial charge < -0.3 is 10.1 Å². The minimum Gasteiger partial charge on any atom is -0.491 e. The molecule has 0 saturated heterocycles. The van der Waals surface area contributed by atoms with Crippen molar-refractivity contribution in [3.8, 4) is 5.75 Å². The van der Waals surface area contributed by atoms with Crippen LogP contribution in [0.15, 0.2) is 18.2 Å². The molecule has 72 valence electrons. The van der Waals surface area contributed by atoms with E-state index in [2.05, 4.69) is 31.3 Å². The first-order valence-corrected chi connectivity index (χ1v) is 4.69. The highest BCUT2D eigenvalue weighted by molar-refractivity contribution is 5.57. The van der Waals surface area contributed by atoms with Crippen LogP contribution in [0.5, 0.6) is 5.75 Å². The molecule has 13 heavy (non-hydrogen) atoms. The number of rotatable bonds is 4. The Balaban J connectivity index is 2.79. The Bertz CT molecular complexity index is 271. The SMILES string of the molecule is CCCOc1ccc(C)cc1NC. The first-order chi connectivity index (χ1) is 6.27. The third-order valence-electron chi connectivity index (χ3n) is 1.87. The maximum Gasteiger partial charge on any atom is 0.142 e. The van der Waals surface area contributed by atoms with Crippen LogP contribution in [0.1, 0.15) is 18.9 Å². The van der Waals surface area contributed by atoms with Gasteiger partial charge in [-0.05, 0) is 31.0 Å². The molecule has 0 aliphatic rings. The minimum atomic E-state index is 0.776. The number of hydrogen-bond acceptors (Lipinski definition) is 2. The molecule has 0 heterocycles.